The number of amides is 1. The normalized spacial score (nSPS) is 16.1. The van der Waals surface area contributed by atoms with Crippen LogP contribution in [0.4, 0.5) is 0 Å². The Hall–Kier alpha value is -1.36. The highest BCUT2D eigenvalue weighted by molar-refractivity contribution is 7.12. The van der Waals surface area contributed by atoms with Gasteiger partial charge in [0.2, 0.25) is 0 Å². The number of hydrogen-bond acceptors (Lipinski definition) is 4. The van der Waals surface area contributed by atoms with Crippen molar-refractivity contribution in [2.75, 3.05) is 13.7 Å². The lowest BCUT2D eigenvalue weighted by molar-refractivity contribution is -0.145. The van der Waals surface area contributed by atoms with Gasteiger partial charge in [0.25, 0.3) is 5.91 Å². The molecule has 18 heavy (non-hydrogen) atoms. The molecule has 4 nitrogen and oxygen atoms in total. The van der Waals surface area contributed by atoms with Gasteiger partial charge in [-0.25, -0.2) is 0 Å². The van der Waals surface area contributed by atoms with Gasteiger partial charge in [0.05, 0.1) is 17.9 Å². The molecule has 1 aromatic heterocycles. The standard InChI is InChI=1S/C13H17NO3S/c1-9(13(16)17-2)8-14(10-5-6-10)12(15)11-4-3-7-18-11/h3-4,7,9-10H,5-6,8H2,1-2H3. The number of rotatable bonds is 5. The zero-order chi connectivity index (χ0) is 13.1. The second kappa shape index (κ2) is 5.52. The maximum atomic E-state index is 12.3. The van der Waals surface area contributed by atoms with Crippen molar-refractivity contribution in [1.29, 1.82) is 0 Å². The third-order valence-corrected chi connectivity index (χ3v) is 3.91. The maximum absolute atomic E-state index is 12.3. The van der Waals surface area contributed by atoms with Crippen LogP contribution in [-0.2, 0) is 9.53 Å². The van der Waals surface area contributed by atoms with E-state index in [9.17, 15) is 9.59 Å². The van der Waals surface area contributed by atoms with E-state index in [0.29, 0.717) is 12.6 Å². The third-order valence-electron chi connectivity index (χ3n) is 3.05. The molecule has 1 saturated carbocycles. The first-order valence-corrected chi connectivity index (χ1v) is 6.93. The number of carbonyl (C=O) groups excluding carboxylic acids is 2. The van der Waals surface area contributed by atoms with Crippen molar-refractivity contribution in [1.82, 2.24) is 4.90 Å². The van der Waals surface area contributed by atoms with E-state index in [1.165, 1.54) is 18.4 Å². The molecule has 0 aliphatic heterocycles. The molecule has 0 bridgehead atoms. The molecule has 1 amide bonds. The van der Waals surface area contributed by atoms with Crippen LogP contribution in [0, 0.1) is 5.92 Å². The van der Waals surface area contributed by atoms with Crippen LogP contribution in [0.5, 0.6) is 0 Å². The van der Waals surface area contributed by atoms with Crippen molar-refractivity contribution in [3.63, 3.8) is 0 Å². The minimum atomic E-state index is -0.278. The Morgan fingerprint density at radius 3 is 2.78 bits per heavy atom. The summed E-state index contributed by atoms with van der Waals surface area (Å²) in [5.41, 5.74) is 0. The molecule has 0 aromatic carbocycles. The average molecular weight is 267 g/mol. The van der Waals surface area contributed by atoms with Crippen molar-refractivity contribution in [2.24, 2.45) is 5.92 Å². The van der Waals surface area contributed by atoms with E-state index < -0.39 is 0 Å². The van der Waals surface area contributed by atoms with Crippen LogP contribution in [0.2, 0.25) is 0 Å². The van der Waals surface area contributed by atoms with E-state index in [1.54, 1.807) is 6.92 Å². The summed E-state index contributed by atoms with van der Waals surface area (Å²) in [5.74, 6) is -0.512. The van der Waals surface area contributed by atoms with Gasteiger partial charge in [0.15, 0.2) is 0 Å². The molecule has 0 N–H and O–H groups in total. The second-order valence-electron chi connectivity index (χ2n) is 4.59. The zero-order valence-corrected chi connectivity index (χ0v) is 11.4. The summed E-state index contributed by atoms with van der Waals surface area (Å²) < 4.78 is 4.71. The van der Waals surface area contributed by atoms with Crippen LogP contribution in [0.25, 0.3) is 0 Å². The SMILES string of the molecule is COC(=O)C(C)CN(C(=O)c1cccs1)C1CC1. The summed E-state index contributed by atoms with van der Waals surface area (Å²) in [6, 6.07) is 3.99. The van der Waals surface area contributed by atoms with Crippen molar-refractivity contribution in [3.05, 3.63) is 22.4 Å². The summed E-state index contributed by atoms with van der Waals surface area (Å²) in [6.07, 6.45) is 2.07. The maximum Gasteiger partial charge on any atom is 0.310 e. The molecule has 0 saturated heterocycles. The number of esters is 1. The molecule has 1 atom stereocenters. The molecule has 2 rings (SSSR count). The lowest BCUT2D eigenvalue weighted by Crippen LogP contribution is -2.38. The summed E-state index contributed by atoms with van der Waals surface area (Å²) in [7, 11) is 1.38. The van der Waals surface area contributed by atoms with Crippen molar-refractivity contribution in [2.45, 2.75) is 25.8 Å². The fraction of sp³-hybridized carbons (Fsp3) is 0.538. The molecule has 0 spiro atoms. The van der Waals surface area contributed by atoms with Gasteiger partial charge in [-0.05, 0) is 24.3 Å². The highest BCUT2D eigenvalue weighted by Crippen LogP contribution is 2.30. The van der Waals surface area contributed by atoms with Crippen LogP contribution in [-0.4, -0.2) is 36.5 Å². The highest BCUT2D eigenvalue weighted by atomic mass is 32.1. The summed E-state index contributed by atoms with van der Waals surface area (Å²) in [6.45, 7) is 2.23. The lowest BCUT2D eigenvalue weighted by atomic mass is 10.1. The van der Waals surface area contributed by atoms with E-state index in [0.717, 1.165) is 17.7 Å². The predicted octanol–water partition coefficient (Wildman–Crippen LogP) is 2.16. The molecule has 1 unspecified atom stereocenters. The van der Waals surface area contributed by atoms with Crippen molar-refractivity contribution in [3.8, 4) is 0 Å². The van der Waals surface area contributed by atoms with Crippen LogP contribution in [0.3, 0.4) is 0 Å². The second-order valence-corrected chi connectivity index (χ2v) is 5.54. The Morgan fingerprint density at radius 1 is 1.56 bits per heavy atom. The molecular formula is C13H17NO3S. The van der Waals surface area contributed by atoms with Crippen LogP contribution in [0.15, 0.2) is 17.5 Å². The van der Waals surface area contributed by atoms with E-state index in [2.05, 4.69) is 0 Å². The first kappa shape index (κ1) is 13.1. The van der Waals surface area contributed by atoms with Gasteiger partial charge in [-0.3, -0.25) is 9.59 Å². The highest BCUT2D eigenvalue weighted by Gasteiger charge is 2.35. The Balaban J connectivity index is 2.05. The van der Waals surface area contributed by atoms with Gasteiger partial charge in [-0.15, -0.1) is 11.3 Å². The monoisotopic (exact) mass is 267 g/mol. The molecule has 5 heteroatoms. The number of ether oxygens (including phenoxy) is 1. The Morgan fingerprint density at radius 2 is 2.28 bits per heavy atom. The largest absolute Gasteiger partial charge is 0.469 e. The number of methoxy groups -OCH3 is 1. The van der Waals surface area contributed by atoms with E-state index in [-0.39, 0.29) is 17.8 Å². The van der Waals surface area contributed by atoms with E-state index >= 15 is 0 Å². The number of hydrogen-bond donors (Lipinski definition) is 0. The number of carbonyl (C=O) groups is 2. The number of nitrogens with zero attached hydrogens (tertiary/aromatic N) is 1. The van der Waals surface area contributed by atoms with Crippen LogP contribution < -0.4 is 0 Å². The molecule has 1 aliphatic rings. The Kier molecular flexibility index (Phi) is 4.01. The lowest BCUT2D eigenvalue weighted by Gasteiger charge is -2.24. The summed E-state index contributed by atoms with van der Waals surface area (Å²) in [4.78, 5) is 26.3. The first-order chi connectivity index (χ1) is 8.63. The topological polar surface area (TPSA) is 46.6 Å². The molecule has 1 fully saturated rings. The molecule has 0 radical (unpaired) electrons. The van der Waals surface area contributed by atoms with Crippen LogP contribution >= 0.6 is 11.3 Å². The van der Waals surface area contributed by atoms with Crippen molar-refractivity contribution >= 4 is 23.2 Å². The summed E-state index contributed by atoms with van der Waals surface area (Å²) >= 11 is 1.44. The molecule has 98 valence electrons. The Labute approximate surface area is 111 Å². The van der Waals surface area contributed by atoms with E-state index in [4.69, 9.17) is 4.74 Å². The van der Waals surface area contributed by atoms with Gasteiger partial charge < -0.3 is 9.64 Å². The fourth-order valence-electron chi connectivity index (χ4n) is 1.90. The van der Waals surface area contributed by atoms with E-state index in [1.807, 2.05) is 22.4 Å². The molecular weight excluding hydrogens is 250 g/mol. The first-order valence-electron chi connectivity index (χ1n) is 6.05. The van der Waals surface area contributed by atoms with Gasteiger partial charge >= 0.3 is 5.97 Å². The summed E-state index contributed by atoms with van der Waals surface area (Å²) in [5, 5.41) is 1.89. The zero-order valence-electron chi connectivity index (χ0n) is 10.6. The predicted molar refractivity (Wildman–Crippen MR) is 69.6 cm³/mol. The average Bonchev–Trinajstić information content (AvgIpc) is 3.07. The van der Waals surface area contributed by atoms with Gasteiger partial charge in [-0.1, -0.05) is 13.0 Å². The molecule has 1 aromatic rings. The van der Waals surface area contributed by atoms with Gasteiger partial charge in [-0.2, -0.15) is 0 Å². The van der Waals surface area contributed by atoms with Crippen molar-refractivity contribution < 1.29 is 14.3 Å². The fourth-order valence-corrected chi connectivity index (χ4v) is 2.58. The minimum Gasteiger partial charge on any atom is -0.469 e. The smallest absolute Gasteiger partial charge is 0.310 e. The van der Waals surface area contributed by atoms with Gasteiger partial charge in [0.1, 0.15) is 0 Å². The quantitative estimate of drug-likeness (QED) is 0.768. The molecule has 1 aliphatic carbocycles. The number of thiophene rings is 1. The van der Waals surface area contributed by atoms with Crippen LogP contribution in [0.1, 0.15) is 29.4 Å². The Bertz CT molecular complexity index is 425. The minimum absolute atomic E-state index is 0.0308. The molecule has 1 heterocycles. The van der Waals surface area contributed by atoms with Gasteiger partial charge in [0, 0.05) is 12.6 Å². The third kappa shape index (κ3) is 2.90.